The third kappa shape index (κ3) is 2.90. The monoisotopic (exact) mass is 315 g/mol. The summed E-state index contributed by atoms with van der Waals surface area (Å²) >= 11 is 3.05. The highest BCUT2D eigenvalue weighted by Crippen LogP contribution is 2.23. The van der Waals surface area contributed by atoms with E-state index < -0.39 is 11.4 Å². The van der Waals surface area contributed by atoms with Gasteiger partial charge in [0.1, 0.15) is 5.82 Å². The fourth-order valence-corrected chi connectivity index (χ4v) is 2.45. The van der Waals surface area contributed by atoms with Crippen LogP contribution in [-0.4, -0.2) is 34.6 Å². The smallest absolute Gasteiger partial charge is 0.254 e. The van der Waals surface area contributed by atoms with Crippen molar-refractivity contribution in [2.24, 2.45) is 0 Å². The maximum Gasteiger partial charge on any atom is 0.254 e. The van der Waals surface area contributed by atoms with Crippen LogP contribution in [0.15, 0.2) is 22.7 Å². The number of aliphatic hydroxyl groups is 1. The Hall–Kier alpha value is -0.940. The van der Waals surface area contributed by atoms with E-state index in [0.29, 0.717) is 29.5 Å². The number of carbonyl (C=O) groups excluding carboxylic acids is 1. The lowest BCUT2D eigenvalue weighted by Gasteiger charge is -2.36. The van der Waals surface area contributed by atoms with Crippen LogP contribution in [0.1, 0.15) is 30.1 Å². The van der Waals surface area contributed by atoms with E-state index in [0.717, 1.165) is 6.42 Å². The quantitative estimate of drug-likeness (QED) is 0.865. The highest BCUT2D eigenvalue weighted by molar-refractivity contribution is 9.10. The molecule has 3 nitrogen and oxygen atoms in total. The van der Waals surface area contributed by atoms with Gasteiger partial charge in [-0.3, -0.25) is 4.79 Å². The first kappa shape index (κ1) is 13.5. The molecule has 1 heterocycles. The van der Waals surface area contributed by atoms with Gasteiger partial charge >= 0.3 is 0 Å². The second kappa shape index (κ2) is 4.97. The fourth-order valence-electron chi connectivity index (χ4n) is 2.21. The van der Waals surface area contributed by atoms with Crippen LogP contribution in [-0.2, 0) is 0 Å². The highest BCUT2D eigenvalue weighted by Gasteiger charge is 2.31. The summed E-state index contributed by atoms with van der Waals surface area (Å²) in [6.07, 6.45) is 1.45. The van der Waals surface area contributed by atoms with Crippen molar-refractivity contribution >= 4 is 21.8 Å². The zero-order valence-corrected chi connectivity index (χ0v) is 11.7. The molecule has 0 saturated carbocycles. The predicted molar refractivity (Wildman–Crippen MR) is 69.9 cm³/mol. The molecule has 1 aromatic rings. The predicted octanol–water partition coefficient (Wildman–Crippen LogP) is 2.58. The van der Waals surface area contributed by atoms with Gasteiger partial charge in [-0.2, -0.15) is 0 Å². The van der Waals surface area contributed by atoms with E-state index in [-0.39, 0.29) is 5.91 Å². The van der Waals surface area contributed by atoms with E-state index in [1.807, 2.05) is 0 Å². The molecule has 0 radical (unpaired) electrons. The second-order valence-electron chi connectivity index (χ2n) is 4.96. The molecular formula is C13H15BrFNO2. The molecule has 2 rings (SSSR count). The number of benzene rings is 1. The number of β-amino-alcohol motifs (C(OH)–C–C–N with tert-alkyl or cyclic N) is 1. The number of nitrogens with zero attached hydrogens (tertiary/aromatic N) is 1. The molecule has 0 bridgehead atoms. The molecule has 1 aliphatic heterocycles. The van der Waals surface area contributed by atoms with Crippen molar-refractivity contribution in [2.75, 3.05) is 13.1 Å². The topological polar surface area (TPSA) is 40.5 Å². The Kier molecular flexibility index (Phi) is 3.73. The lowest BCUT2D eigenvalue weighted by atomic mass is 9.94. The number of rotatable bonds is 1. The summed E-state index contributed by atoms with van der Waals surface area (Å²) in [5.74, 6) is -0.689. The van der Waals surface area contributed by atoms with Gasteiger partial charge in [-0.05, 0) is 53.9 Å². The standard InChI is InChI=1S/C13H15BrFNO2/c1-13(18)5-2-6-16(8-13)12(17)9-3-4-10(14)11(15)7-9/h3-4,7,18H,2,5-6,8H2,1H3. The first-order valence-corrected chi connectivity index (χ1v) is 6.65. The van der Waals surface area contributed by atoms with Crippen LogP contribution >= 0.6 is 15.9 Å². The molecule has 0 spiro atoms. The maximum absolute atomic E-state index is 13.4. The van der Waals surface area contributed by atoms with E-state index in [2.05, 4.69) is 15.9 Å². The molecule has 1 atom stereocenters. The van der Waals surface area contributed by atoms with E-state index in [9.17, 15) is 14.3 Å². The summed E-state index contributed by atoms with van der Waals surface area (Å²) in [5, 5.41) is 9.96. The van der Waals surface area contributed by atoms with Gasteiger partial charge in [-0.15, -0.1) is 0 Å². The lowest BCUT2D eigenvalue weighted by molar-refractivity contribution is -0.0107. The average Bonchev–Trinajstić information content (AvgIpc) is 2.30. The minimum atomic E-state index is -0.845. The second-order valence-corrected chi connectivity index (χ2v) is 5.81. The van der Waals surface area contributed by atoms with Crippen molar-refractivity contribution < 1.29 is 14.3 Å². The fraction of sp³-hybridized carbons (Fsp3) is 0.462. The first-order valence-electron chi connectivity index (χ1n) is 5.86. The zero-order valence-electron chi connectivity index (χ0n) is 10.1. The number of halogens is 2. The van der Waals surface area contributed by atoms with Crippen molar-refractivity contribution in [1.82, 2.24) is 4.90 Å². The van der Waals surface area contributed by atoms with Gasteiger partial charge in [-0.1, -0.05) is 0 Å². The van der Waals surface area contributed by atoms with Crippen molar-refractivity contribution in [1.29, 1.82) is 0 Å². The molecule has 18 heavy (non-hydrogen) atoms. The Bertz CT molecular complexity index is 476. The van der Waals surface area contributed by atoms with E-state index >= 15 is 0 Å². The average molecular weight is 316 g/mol. The molecule has 1 amide bonds. The summed E-state index contributed by atoms with van der Waals surface area (Å²) in [4.78, 5) is 13.8. The number of hydrogen-bond acceptors (Lipinski definition) is 2. The molecule has 5 heteroatoms. The van der Waals surface area contributed by atoms with Gasteiger partial charge < -0.3 is 10.0 Å². The van der Waals surface area contributed by atoms with Gasteiger partial charge in [-0.25, -0.2) is 4.39 Å². The minimum Gasteiger partial charge on any atom is -0.388 e. The summed E-state index contributed by atoms with van der Waals surface area (Å²) in [6, 6.07) is 4.32. The van der Waals surface area contributed by atoms with Crippen molar-refractivity contribution in [3.05, 3.63) is 34.1 Å². The largest absolute Gasteiger partial charge is 0.388 e. The summed E-state index contributed by atoms with van der Waals surface area (Å²) in [5.41, 5.74) is -0.532. The SMILES string of the molecule is CC1(O)CCCN(C(=O)c2ccc(Br)c(F)c2)C1. The van der Waals surface area contributed by atoms with E-state index in [1.165, 1.54) is 12.1 Å². The van der Waals surface area contributed by atoms with Crippen LogP contribution in [0, 0.1) is 5.82 Å². The summed E-state index contributed by atoms with van der Waals surface area (Å²) in [6.45, 7) is 2.62. The maximum atomic E-state index is 13.4. The third-order valence-electron chi connectivity index (χ3n) is 3.13. The van der Waals surface area contributed by atoms with E-state index in [1.54, 1.807) is 17.9 Å². The number of hydrogen-bond donors (Lipinski definition) is 1. The summed E-state index contributed by atoms with van der Waals surface area (Å²) in [7, 11) is 0. The van der Waals surface area contributed by atoms with Crippen LogP contribution in [0.2, 0.25) is 0 Å². The Morgan fingerprint density at radius 3 is 2.89 bits per heavy atom. The van der Waals surface area contributed by atoms with Crippen molar-refractivity contribution in [3.8, 4) is 0 Å². The minimum absolute atomic E-state index is 0.235. The number of piperidine rings is 1. The number of likely N-dealkylation sites (tertiary alicyclic amines) is 1. The van der Waals surface area contributed by atoms with Crippen LogP contribution in [0.3, 0.4) is 0 Å². The molecule has 1 fully saturated rings. The summed E-state index contributed by atoms with van der Waals surface area (Å²) < 4.78 is 13.7. The first-order chi connectivity index (χ1) is 8.39. The van der Waals surface area contributed by atoms with Gasteiger partial charge in [0.2, 0.25) is 0 Å². The molecular weight excluding hydrogens is 301 g/mol. The van der Waals surface area contributed by atoms with Crippen LogP contribution in [0.5, 0.6) is 0 Å². The van der Waals surface area contributed by atoms with Crippen LogP contribution in [0.4, 0.5) is 4.39 Å². The molecule has 1 unspecified atom stereocenters. The normalized spacial score (nSPS) is 24.1. The molecule has 1 N–H and O–H groups in total. The Morgan fingerprint density at radius 1 is 1.56 bits per heavy atom. The van der Waals surface area contributed by atoms with Gasteiger partial charge in [0.25, 0.3) is 5.91 Å². The van der Waals surface area contributed by atoms with Gasteiger partial charge in [0.05, 0.1) is 10.1 Å². The molecule has 1 aromatic carbocycles. The lowest BCUT2D eigenvalue weighted by Crippen LogP contribution is -2.48. The Labute approximate surface area is 114 Å². The van der Waals surface area contributed by atoms with Crippen LogP contribution in [0.25, 0.3) is 0 Å². The molecule has 1 aliphatic rings. The van der Waals surface area contributed by atoms with Crippen molar-refractivity contribution in [3.63, 3.8) is 0 Å². The molecule has 98 valence electrons. The third-order valence-corrected chi connectivity index (χ3v) is 3.77. The molecule has 0 aliphatic carbocycles. The molecule has 0 aromatic heterocycles. The van der Waals surface area contributed by atoms with Crippen molar-refractivity contribution in [2.45, 2.75) is 25.4 Å². The number of carbonyl (C=O) groups is 1. The zero-order chi connectivity index (χ0) is 13.3. The van der Waals surface area contributed by atoms with Crippen LogP contribution < -0.4 is 0 Å². The van der Waals surface area contributed by atoms with Gasteiger partial charge in [0, 0.05) is 18.7 Å². The highest BCUT2D eigenvalue weighted by atomic mass is 79.9. The molecule has 1 saturated heterocycles. The Balaban J connectivity index is 2.18. The van der Waals surface area contributed by atoms with E-state index in [4.69, 9.17) is 0 Å². The Morgan fingerprint density at radius 2 is 2.28 bits per heavy atom. The number of amides is 1. The van der Waals surface area contributed by atoms with Gasteiger partial charge in [0.15, 0.2) is 0 Å².